The first-order chi connectivity index (χ1) is 9.72. The molecule has 0 unspecified atom stereocenters. The molecule has 0 aliphatic carbocycles. The molecule has 0 bridgehead atoms. The maximum Gasteiger partial charge on any atom is 0.143 e. The Morgan fingerprint density at radius 2 is 1.14 bits per heavy atom. The number of carbonyl (C=O) groups is 1. The molecule has 0 atom stereocenters. The van der Waals surface area contributed by atoms with E-state index < -0.39 is 0 Å². The van der Waals surface area contributed by atoms with Gasteiger partial charge in [-0.25, -0.2) is 0 Å². The van der Waals surface area contributed by atoms with Crippen molar-refractivity contribution in [1.82, 2.24) is 19.6 Å². The minimum absolute atomic E-state index is 0.231. The van der Waals surface area contributed by atoms with Crippen LogP contribution in [0.2, 0.25) is 0 Å². The van der Waals surface area contributed by atoms with E-state index in [9.17, 15) is 4.79 Å². The number of rotatable bonds is 12. The third-order valence-corrected chi connectivity index (χ3v) is 3.94. The van der Waals surface area contributed by atoms with Gasteiger partial charge in [0.05, 0.1) is 6.54 Å². The molecular formula is C16H36N4O. The Labute approximate surface area is 131 Å². The number of ketones is 1. The van der Waals surface area contributed by atoms with Crippen molar-refractivity contribution in [2.24, 2.45) is 0 Å². The molecule has 0 spiro atoms. The van der Waals surface area contributed by atoms with Crippen molar-refractivity contribution in [3.05, 3.63) is 0 Å². The fourth-order valence-electron chi connectivity index (χ4n) is 1.95. The van der Waals surface area contributed by atoms with Gasteiger partial charge in [-0.15, -0.1) is 0 Å². The Balaban J connectivity index is 3.72. The van der Waals surface area contributed by atoms with Crippen LogP contribution in [0, 0.1) is 0 Å². The summed E-state index contributed by atoms with van der Waals surface area (Å²) in [6.07, 6.45) is 0. The van der Waals surface area contributed by atoms with E-state index in [1.54, 1.807) is 6.92 Å². The van der Waals surface area contributed by atoms with Crippen LogP contribution in [0.25, 0.3) is 0 Å². The minimum Gasteiger partial charge on any atom is -0.304 e. The lowest BCUT2D eigenvalue weighted by molar-refractivity contribution is -0.117. The highest BCUT2D eigenvalue weighted by atomic mass is 16.1. The molecule has 0 aromatic carbocycles. The van der Waals surface area contributed by atoms with E-state index in [1.807, 2.05) is 7.05 Å². The quantitative estimate of drug-likeness (QED) is 0.530. The molecule has 0 rings (SSSR count). The number of nitrogens with zero attached hydrogens (tertiary/aromatic N) is 4. The Morgan fingerprint density at radius 1 is 0.762 bits per heavy atom. The SMILES string of the molecule is CC(=O)CN(C)CCN(C)CCN(C)CCN(C)C(C)C. The molecule has 0 amide bonds. The summed E-state index contributed by atoms with van der Waals surface area (Å²) in [5.74, 6) is 0.231. The number of carbonyl (C=O) groups excluding carboxylic acids is 1. The summed E-state index contributed by atoms with van der Waals surface area (Å²) in [7, 11) is 8.51. The van der Waals surface area contributed by atoms with E-state index in [0.717, 1.165) is 39.3 Å². The average molecular weight is 300 g/mol. The molecule has 0 aliphatic heterocycles. The monoisotopic (exact) mass is 300 g/mol. The van der Waals surface area contributed by atoms with Gasteiger partial charge in [0.15, 0.2) is 0 Å². The Bertz CT molecular complexity index is 283. The lowest BCUT2D eigenvalue weighted by Crippen LogP contribution is -2.39. The van der Waals surface area contributed by atoms with Crippen molar-refractivity contribution in [3.8, 4) is 0 Å². The Kier molecular flexibility index (Phi) is 10.9. The molecule has 0 heterocycles. The van der Waals surface area contributed by atoms with Crippen molar-refractivity contribution in [1.29, 1.82) is 0 Å². The first-order valence-corrected chi connectivity index (χ1v) is 7.97. The predicted molar refractivity (Wildman–Crippen MR) is 90.9 cm³/mol. The molecule has 0 N–H and O–H groups in total. The Hall–Kier alpha value is -0.490. The van der Waals surface area contributed by atoms with Gasteiger partial charge in [0.2, 0.25) is 0 Å². The zero-order valence-electron chi connectivity index (χ0n) is 15.2. The Morgan fingerprint density at radius 3 is 1.52 bits per heavy atom. The average Bonchev–Trinajstić information content (AvgIpc) is 2.39. The molecule has 0 saturated heterocycles. The van der Waals surface area contributed by atoms with Crippen molar-refractivity contribution in [2.45, 2.75) is 26.8 Å². The zero-order valence-corrected chi connectivity index (χ0v) is 15.2. The summed E-state index contributed by atoms with van der Waals surface area (Å²) in [6, 6.07) is 0.609. The van der Waals surface area contributed by atoms with Crippen molar-refractivity contribution < 1.29 is 4.79 Å². The summed E-state index contributed by atoms with van der Waals surface area (Å²) in [4.78, 5) is 20.2. The van der Waals surface area contributed by atoms with Crippen LogP contribution >= 0.6 is 0 Å². The lowest BCUT2D eigenvalue weighted by Gasteiger charge is -2.27. The highest BCUT2D eigenvalue weighted by molar-refractivity contribution is 5.77. The van der Waals surface area contributed by atoms with Crippen LogP contribution in [0.3, 0.4) is 0 Å². The van der Waals surface area contributed by atoms with E-state index in [-0.39, 0.29) is 5.78 Å². The molecule has 5 heteroatoms. The van der Waals surface area contributed by atoms with Crippen LogP contribution < -0.4 is 0 Å². The summed E-state index contributed by atoms with van der Waals surface area (Å²) in [5, 5.41) is 0. The van der Waals surface area contributed by atoms with Gasteiger partial charge in [-0.3, -0.25) is 9.69 Å². The van der Waals surface area contributed by atoms with Crippen LogP contribution in [0.15, 0.2) is 0 Å². The number of hydrogen-bond donors (Lipinski definition) is 0. The molecule has 0 saturated carbocycles. The second-order valence-corrected chi connectivity index (χ2v) is 6.62. The molecule has 0 radical (unpaired) electrons. The standard InChI is InChI=1S/C16H36N4O/c1-15(2)20(7)13-12-18(5)9-8-17(4)10-11-19(6)14-16(3)21/h15H,8-14H2,1-7H3. The van der Waals surface area contributed by atoms with Crippen molar-refractivity contribution >= 4 is 5.78 Å². The van der Waals surface area contributed by atoms with Gasteiger partial charge < -0.3 is 14.7 Å². The first kappa shape index (κ1) is 20.5. The molecule has 0 aromatic heterocycles. The fourth-order valence-corrected chi connectivity index (χ4v) is 1.95. The van der Waals surface area contributed by atoms with Gasteiger partial charge in [-0.05, 0) is 49.0 Å². The van der Waals surface area contributed by atoms with Crippen LogP contribution in [0.4, 0.5) is 0 Å². The van der Waals surface area contributed by atoms with Gasteiger partial charge in [0.1, 0.15) is 5.78 Å². The van der Waals surface area contributed by atoms with Gasteiger partial charge in [-0.2, -0.15) is 0 Å². The summed E-state index contributed by atoms with van der Waals surface area (Å²) < 4.78 is 0. The number of likely N-dealkylation sites (N-methyl/N-ethyl adjacent to an activating group) is 4. The molecular weight excluding hydrogens is 264 g/mol. The zero-order chi connectivity index (χ0) is 16.4. The molecule has 21 heavy (non-hydrogen) atoms. The summed E-state index contributed by atoms with van der Waals surface area (Å²) in [6.45, 7) is 13.0. The number of hydrogen-bond acceptors (Lipinski definition) is 5. The molecule has 0 fully saturated rings. The smallest absolute Gasteiger partial charge is 0.143 e. The topological polar surface area (TPSA) is 30.0 Å². The number of Topliss-reactive ketones (excluding diaryl/α,β-unsaturated/α-hetero) is 1. The van der Waals surface area contributed by atoms with E-state index in [0.29, 0.717) is 12.6 Å². The minimum atomic E-state index is 0.231. The maximum absolute atomic E-state index is 11.0. The van der Waals surface area contributed by atoms with E-state index in [4.69, 9.17) is 0 Å². The highest BCUT2D eigenvalue weighted by Crippen LogP contribution is 1.94. The van der Waals surface area contributed by atoms with Crippen LogP contribution in [-0.4, -0.2) is 105 Å². The summed E-state index contributed by atoms with van der Waals surface area (Å²) >= 11 is 0. The lowest BCUT2D eigenvalue weighted by atomic mass is 10.3. The highest BCUT2D eigenvalue weighted by Gasteiger charge is 2.07. The van der Waals surface area contributed by atoms with Crippen LogP contribution in [0.5, 0.6) is 0 Å². The third-order valence-electron chi connectivity index (χ3n) is 3.94. The van der Waals surface area contributed by atoms with Gasteiger partial charge in [0.25, 0.3) is 0 Å². The largest absolute Gasteiger partial charge is 0.304 e. The molecule has 126 valence electrons. The van der Waals surface area contributed by atoms with Crippen LogP contribution in [0.1, 0.15) is 20.8 Å². The fraction of sp³-hybridized carbons (Fsp3) is 0.938. The van der Waals surface area contributed by atoms with Gasteiger partial charge in [-0.1, -0.05) is 0 Å². The van der Waals surface area contributed by atoms with E-state index in [1.165, 1.54) is 0 Å². The molecule has 0 aromatic rings. The van der Waals surface area contributed by atoms with Crippen molar-refractivity contribution in [3.63, 3.8) is 0 Å². The van der Waals surface area contributed by atoms with Gasteiger partial charge >= 0.3 is 0 Å². The molecule has 0 aliphatic rings. The third kappa shape index (κ3) is 11.8. The molecule has 5 nitrogen and oxygen atoms in total. The van der Waals surface area contributed by atoms with E-state index >= 15 is 0 Å². The van der Waals surface area contributed by atoms with Crippen LogP contribution in [-0.2, 0) is 4.79 Å². The maximum atomic E-state index is 11.0. The van der Waals surface area contributed by atoms with E-state index in [2.05, 4.69) is 54.6 Å². The van der Waals surface area contributed by atoms with Crippen molar-refractivity contribution in [2.75, 3.05) is 74.0 Å². The normalized spacial score (nSPS) is 12.4. The first-order valence-electron chi connectivity index (χ1n) is 7.97. The second kappa shape index (κ2) is 11.1. The summed E-state index contributed by atoms with van der Waals surface area (Å²) in [5.41, 5.74) is 0. The van der Waals surface area contributed by atoms with Gasteiger partial charge in [0, 0.05) is 45.3 Å². The second-order valence-electron chi connectivity index (χ2n) is 6.62. The predicted octanol–water partition coefficient (Wildman–Crippen LogP) is 0.711.